The van der Waals surface area contributed by atoms with E-state index in [0.29, 0.717) is 38.7 Å². The number of guanidine groups is 1. The van der Waals surface area contributed by atoms with Crippen LogP contribution in [0.5, 0.6) is 0 Å². The van der Waals surface area contributed by atoms with E-state index in [1.807, 2.05) is 4.90 Å². The van der Waals surface area contributed by atoms with Crippen LogP contribution in [0.15, 0.2) is 34.2 Å². The van der Waals surface area contributed by atoms with Gasteiger partial charge in [-0.1, -0.05) is 12.1 Å². The molecule has 1 heterocycles. The first-order valence-corrected chi connectivity index (χ1v) is 11.5. The van der Waals surface area contributed by atoms with Crippen molar-refractivity contribution in [2.75, 3.05) is 33.2 Å². The van der Waals surface area contributed by atoms with Gasteiger partial charge in [-0.2, -0.15) is 13.2 Å². The minimum atomic E-state index is -4.23. The number of piperazine rings is 1. The summed E-state index contributed by atoms with van der Waals surface area (Å²) in [5.74, 6) is 0.612. The minimum absolute atomic E-state index is 0.0549. The van der Waals surface area contributed by atoms with Gasteiger partial charge in [-0.3, -0.25) is 9.89 Å². The monoisotopic (exact) mass is 447 g/mol. The summed E-state index contributed by atoms with van der Waals surface area (Å²) in [6.07, 6.45) is -2.47. The lowest BCUT2D eigenvalue weighted by molar-refractivity contribution is -0.181. The zero-order valence-electron chi connectivity index (χ0n) is 17.1. The van der Waals surface area contributed by atoms with Gasteiger partial charge < -0.3 is 10.2 Å². The number of hydrogen-bond donors (Lipinski definition) is 2. The molecule has 1 unspecified atom stereocenters. The van der Waals surface area contributed by atoms with Crippen LogP contribution in [-0.2, 0) is 16.6 Å². The molecule has 1 saturated carbocycles. The van der Waals surface area contributed by atoms with Crippen LogP contribution in [0.3, 0.4) is 0 Å². The molecule has 168 valence electrons. The molecule has 1 aromatic carbocycles. The third kappa shape index (κ3) is 5.86. The molecule has 1 saturated heterocycles. The summed E-state index contributed by atoms with van der Waals surface area (Å²) in [7, 11) is -1.85. The molecular formula is C19H28F3N5O2S. The van der Waals surface area contributed by atoms with Crippen LogP contribution in [0.4, 0.5) is 13.2 Å². The summed E-state index contributed by atoms with van der Waals surface area (Å²) in [6.45, 7) is 3.13. The highest BCUT2D eigenvalue weighted by atomic mass is 32.2. The summed E-state index contributed by atoms with van der Waals surface area (Å²) < 4.78 is 65.8. The average molecular weight is 448 g/mol. The second-order valence-corrected chi connectivity index (χ2v) is 9.39. The topological polar surface area (TPSA) is 77.0 Å². The van der Waals surface area contributed by atoms with Gasteiger partial charge in [-0.25, -0.2) is 13.1 Å². The lowest BCUT2D eigenvalue weighted by Crippen LogP contribution is -2.56. The number of nitrogens with one attached hydrogen (secondary N) is 2. The van der Waals surface area contributed by atoms with Crippen LogP contribution in [-0.4, -0.2) is 75.7 Å². The number of alkyl halides is 3. The van der Waals surface area contributed by atoms with E-state index in [2.05, 4.69) is 15.0 Å². The Hall–Kier alpha value is -1.85. The van der Waals surface area contributed by atoms with Crippen molar-refractivity contribution in [2.24, 2.45) is 4.99 Å². The molecule has 0 aromatic heterocycles. The van der Waals surface area contributed by atoms with Crippen LogP contribution < -0.4 is 10.0 Å². The summed E-state index contributed by atoms with van der Waals surface area (Å²) in [6, 6.07) is 5.22. The molecule has 7 nitrogen and oxygen atoms in total. The Morgan fingerprint density at radius 1 is 1.17 bits per heavy atom. The smallest absolute Gasteiger partial charge is 0.352 e. The van der Waals surface area contributed by atoms with Crippen LogP contribution >= 0.6 is 0 Å². The molecule has 1 aliphatic heterocycles. The van der Waals surface area contributed by atoms with E-state index in [0.717, 1.165) is 18.4 Å². The fraction of sp³-hybridized carbons (Fsp3) is 0.632. The number of benzene rings is 1. The van der Waals surface area contributed by atoms with Crippen molar-refractivity contribution in [3.05, 3.63) is 29.8 Å². The molecule has 2 N–H and O–H groups in total. The Bertz CT molecular complexity index is 846. The maximum Gasteiger partial charge on any atom is 0.403 e. The van der Waals surface area contributed by atoms with Gasteiger partial charge in [0.25, 0.3) is 0 Å². The van der Waals surface area contributed by atoms with Crippen LogP contribution in [0, 0.1) is 0 Å². The molecule has 1 atom stereocenters. The largest absolute Gasteiger partial charge is 0.403 e. The van der Waals surface area contributed by atoms with Crippen molar-refractivity contribution in [3.63, 3.8) is 0 Å². The first-order chi connectivity index (χ1) is 14.1. The Balaban J connectivity index is 1.51. The maximum absolute atomic E-state index is 12.9. The van der Waals surface area contributed by atoms with Gasteiger partial charge in [0.2, 0.25) is 10.0 Å². The summed E-state index contributed by atoms with van der Waals surface area (Å²) in [4.78, 5) is 7.82. The van der Waals surface area contributed by atoms with Gasteiger partial charge in [-0.05, 0) is 37.5 Å². The fourth-order valence-corrected chi connectivity index (χ4v) is 4.62. The molecule has 3 rings (SSSR count). The highest BCUT2D eigenvalue weighted by molar-refractivity contribution is 7.89. The standard InChI is InChI=1S/C19H28F3N5O2S/c1-14(19(20,21)22)26-9-11-27(12-10-26)18(23-2)24-13-15-3-7-17(8-4-15)30(28,29)25-16-5-6-16/h3-4,7-8,14,16,25H,5-6,9-13H2,1-2H3,(H,23,24). The molecule has 0 bridgehead atoms. The second-order valence-electron chi connectivity index (χ2n) is 7.68. The lowest BCUT2D eigenvalue weighted by atomic mass is 10.2. The van der Waals surface area contributed by atoms with Gasteiger partial charge in [0.15, 0.2) is 5.96 Å². The normalized spacial score (nSPS) is 20.3. The number of halogens is 3. The maximum atomic E-state index is 12.9. The minimum Gasteiger partial charge on any atom is -0.352 e. The first-order valence-electron chi connectivity index (χ1n) is 9.98. The van der Waals surface area contributed by atoms with Crippen molar-refractivity contribution in [2.45, 2.75) is 49.5 Å². The molecule has 0 spiro atoms. The molecule has 0 amide bonds. The number of nitrogens with zero attached hydrogens (tertiary/aromatic N) is 3. The Labute approximate surface area is 175 Å². The molecule has 1 aromatic rings. The van der Waals surface area contributed by atoms with Crippen LogP contribution in [0.25, 0.3) is 0 Å². The second kappa shape index (κ2) is 9.11. The third-order valence-corrected chi connectivity index (χ3v) is 6.97. The predicted octanol–water partition coefficient (Wildman–Crippen LogP) is 1.77. The Morgan fingerprint density at radius 2 is 1.77 bits per heavy atom. The van der Waals surface area contributed by atoms with Gasteiger partial charge in [0.1, 0.15) is 6.04 Å². The molecule has 11 heteroatoms. The van der Waals surface area contributed by atoms with E-state index < -0.39 is 22.2 Å². The van der Waals surface area contributed by atoms with Gasteiger partial charge >= 0.3 is 6.18 Å². The van der Waals surface area contributed by atoms with Crippen molar-refractivity contribution >= 4 is 16.0 Å². The average Bonchev–Trinajstić information content (AvgIpc) is 3.51. The highest BCUT2D eigenvalue weighted by Gasteiger charge is 2.41. The third-order valence-electron chi connectivity index (χ3n) is 5.43. The van der Waals surface area contributed by atoms with E-state index in [1.165, 1.54) is 11.8 Å². The molecule has 0 radical (unpaired) electrons. The van der Waals surface area contributed by atoms with Crippen LogP contribution in [0.1, 0.15) is 25.3 Å². The molecule has 2 aliphatic rings. The van der Waals surface area contributed by atoms with Gasteiger partial charge in [0, 0.05) is 45.8 Å². The summed E-state index contributed by atoms with van der Waals surface area (Å²) in [5, 5.41) is 3.20. The Kier molecular flexibility index (Phi) is 6.93. The molecule has 2 fully saturated rings. The van der Waals surface area contributed by atoms with E-state index >= 15 is 0 Å². The van der Waals surface area contributed by atoms with Crippen LogP contribution in [0.2, 0.25) is 0 Å². The zero-order valence-corrected chi connectivity index (χ0v) is 17.9. The number of hydrogen-bond acceptors (Lipinski definition) is 4. The Morgan fingerprint density at radius 3 is 2.27 bits per heavy atom. The predicted molar refractivity (Wildman–Crippen MR) is 109 cm³/mol. The van der Waals surface area contributed by atoms with Crippen molar-refractivity contribution in [1.82, 2.24) is 19.8 Å². The van der Waals surface area contributed by atoms with Gasteiger partial charge in [0.05, 0.1) is 4.90 Å². The van der Waals surface area contributed by atoms with Crippen molar-refractivity contribution in [3.8, 4) is 0 Å². The number of sulfonamides is 1. The zero-order chi connectivity index (χ0) is 21.9. The van der Waals surface area contributed by atoms with E-state index in [4.69, 9.17) is 0 Å². The SMILES string of the molecule is CN=C(NCc1ccc(S(=O)(=O)NC2CC2)cc1)N1CCN(C(C)C(F)(F)F)CC1. The van der Waals surface area contributed by atoms with E-state index in [1.54, 1.807) is 31.3 Å². The summed E-state index contributed by atoms with van der Waals surface area (Å²) in [5.41, 5.74) is 0.880. The molecule has 1 aliphatic carbocycles. The fourth-order valence-electron chi connectivity index (χ4n) is 3.32. The van der Waals surface area contributed by atoms with Gasteiger partial charge in [-0.15, -0.1) is 0 Å². The molecule has 30 heavy (non-hydrogen) atoms. The summed E-state index contributed by atoms with van der Waals surface area (Å²) >= 11 is 0. The van der Waals surface area contributed by atoms with Crippen molar-refractivity contribution in [1.29, 1.82) is 0 Å². The van der Waals surface area contributed by atoms with E-state index in [-0.39, 0.29) is 10.9 Å². The lowest BCUT2D eigenvalue weighted by Gasteiger charge is -2.39. The number of rotatable bonds is 6. The van der Waals surface area contributed by atoms with E-state index in [9.17, 15) is 21.6 Å². The van der Waals surface area contributed by atoms with Crippen molar-refractivity contribution < 1.29 is 21.6 Å². The highest BCUT2D eigenvalue weighted by Crippen LogP contribution is 2.25. The number of aliphatic imine (C=N–C) groups is 1. The first kappa shape index (κ1) is 22.8. The molecular weight excluding hydrogens is 419 g/mol. The quantitative estimate of drug-likeness (QED) is 0.514.